The van der Waals surface area contributed by atoms with Gasteiger partial charge >= 0.3 is 10.2 Å². The topological polar surface area (TPSA) is 136 Å². The maximum atomic E-state index is 14.7. The Morgan fingerprint density at radius 1 is 1.13 bits per heavy atom. The molecule has 2 saturated carbocycles. The minimum absolute atomic E-state index is 0.00255. The molecule has 7 rings (SSSR count). The second-order valence-electron chi connectivity index (χ2n) is 13.5. The molecule has 2 unspecified atom stereocenters. The Hall–Kier alpha value is -3.45. The molecule has 3 fully saturated rings. The number of nitrogens with one attached hydrogen (secondary N) is 1. The standard InChI is InChI=1S/C34H43N5O6S/c1-37(2)46(42,43)36-32(40)22-9-11-26-29(15-22)39-20-34(33(41)38-13-14-45-19-23(38)18-35)17-28(34)27-16-24(44-3)10-12-25(27)31(39)30(26)21-7-5-4-6-8-21/h9-12,15-16,21,23,28H,4-8,13-14,17-20,35H2,1-3H3,(H,36,40)/t23-,28?,34?/m1/s1. The van der Waals surface area contributed by atoms with Crippen molar-refractivity contribution >= 4 is 32.9 Å². The van der Waals surface area contributed by atoms with Gasteiger partial charge in [0.15, 0.2) is 0 Å². The van der Waals surface area contributed by atoms with E-state index >= 15 is 0 Å². The van der Waals surface area contributed by atoms with Crippen LogP contribution in [0.4, 0.5) is 0 Å². The zero-order valence-corrected chi connectivity index (χ0v) is 27.6. The van der Waals surface area contributed by atoms with Crippen LogP contribution in [-0.2, 0) is 26.3 Å². The number of hydrogen-bond acceptors (Lipinski definition) is 7. The fourth-order valence-electron chi connectivity index (χ4n) is 8.09. The molecule has 1 aromatic heterocycles. The summed E-state index contributed by atoms with van der Waals surface area (Å²) in [6.07, 6.45) is 6.35. The molecular formula is C34H43N5O6S. The minimum atomic E-state index is -3.98. The first-order chi connectivity index (χ1) is 22.1. The number of ether oxygens (including phenoxy) is 2. The van der Waals surface area contributed by atoms with E-state index in [1.165, 1.54) is 26.1 Å². The first kappa shape index (κ1) is 31.2. The summed E-state index contributed by atoms with van der Waals surface area (Å²) in [5.74, 6) is 0.474. The van der Waals surface area contributed by atoms with Crippen molar-refractivity contribution in [1.82, 2.24) is 18.5 Å². The quantitative estimate of drug-likeness (QED) is 0.400. The Morgan fingerprint density at radius 2 is 1.91 bits per heavy atom. The van der Waals surface area contributed by atoms with Crippen LogP contribution in [-0.4, -0.2) is 87.6 Å². The van der Waals surface area contributed by atoms with Crippen LogP contribution in [0.3, 0.4) is 0 Å². The second kappa shape index (κ2) is 11.7. The molecule has 2 amide bonds. The van der Waals surface area contributed by atoms with Crippen LogP contribution >= 0.6 is 0 Å². The Bertz CT molecular complexity index is 1810. The van der Waals surface area contributed by atoms with Crippen molar-refractivity contribution in [2.45, 2.75) is 62.9 Å². The molecule has 1 saturated heterocycles. The molecule has 3 N–H and O–H groups in total. The van der Waals surface area contributed by atoms with Gasteiger partial charge in [0.1, 0.15) is 5.75 Å². The van der Waals surface area contributed by atoms with Gasteiger partial charge in [-0.15, -0.1) is 0 Å². The summed E-state index contributed by atoms with van der Waals surface area (Å²) in [5.41, 5.74) is 11.1. The van der Waals surface area contributed by atoms with Crippen molar-refractivity contribution in [3.05, 3.63) is 53.1 Å². The molecule has 2 aromatic carbocycles. The fraction of sp³-hybridized carbons (Fsp3) is 0.529. The average Bonchev–Trinajstić information content (AvgIpc) is 3.74. The number of nitrogens with two attached hydrogens (primary N) is 1. The molecule has 3 aromatic rings. The number of carbonyl (C=O) groups is 2. The summed E-state index contributed by atoms with van der Waals surface area (Å²) in [5, 5.41) is 1.04. The highest BCUT2D eigenvalue weighted by Gasteiger charge is 2.64. The minimum Gasteiger partial charge on any atom is -0.497 e. The van der Waals surface area contributed by atoms with E-state index in [0.29, 0.717) is 45.2 Å². The first-order valence-electron chi connectivity index (χ1n) is 16.3. The second-order valence-corrected chi connectivity index (χ2v) is 15.3. The number of fused-ring (bicyclic) bond motifs is 7. The van der Waals surface area contributed by atoms with Crippen molar-refractivity contribution in [2.75, 3.05) is 47.5 Å². The van der Waals surface area contributed by atoms with E-state index in [1.807, 2.05) is 17.0 Å². The molecule has 12 heteroatoms. The number of amides is 2. The molecule has 246 valence electrons. The number of nitrogens with zero attached hydrogens (tertiary/aromatic N) is 3. The summed E-state index contributed by atoms with van der Waals surface area (Å²) in [7, 11) is 0.436. The number of methoxy groups -OCH3 is 1. The van der Waals surface area contributed by atoms with Crippen molar-refractivity contribution in [3.63, 3.8) is 0 Å². The van der Waals surface area contributed by atoms with Crippen LogP contribution < -0.4 is 15.2 Å². The third kappa shape index (κ3) is 5.01. The van der Waals surface area contributed by atoms with Crippen LogP contribution in [0.15, 0.2) is 36.4 Å². The monoisotopic (exact) mass is 649 g/mol. The summed E-state index contributed by atoms with van der Waals surface area (Å²) in [6.45, 7) is 2.17. The normalized spacial score (nSPS) is 24.6. The highest BCUT2D eigenvalue weighted by molar-refractivity contribution is 7.87. The van der Waals surface area contributed by atoms with Gasteiger partial charge in [-0.1, -0.05) is 25.3 Å². The van der Waals surface area contributed by atoms with Crippen LogP contribution in [0.1, 0.15) is 71.8 Å². The van der Waals surface area contributed by atoms with E-state index in [9.17, 15) is 18.0 Å². The van der Waals surface area contributed by atoms with E-state index in [0.717, 1.165) is 63.5 Å². The maximum Gasteiger partial charge on any atom is 0.303 e. The highest BCUT2D eigenvalue weighted by atomic mass is 32.2. The van der Waals surface area contributed by atoms with Gasteiger partial charge in [0.25, 0.3) is 5.91 Å². The Balaban J connectivity index is 1.44. The van der Waals surface area contributed by atoms with Crippen LogP contribution in [0.5, 0.6) is 5.75 Å². The molecule has 3 atom stereocenters. The molecule has 3 heterocycles. The summed E-state index contributed by atoms with van der Waals surface area (Å²) >= 11 is 0. The van der Waals surface area contributed by atoms with Crippen LogP contribution in [0.25, 0.3) is 22.2 Å². The smallest absolute Gasteiger partial charge is 0.303 e. The van der Waals surface area contributed by atoms with Crippen LogP contribution in [0.2, 0.25) is 0 Å². The number of benzene rings is 2. The number of morpholine rings is 1. The molecule has 0 radical (unpaired) electrons. The maximum absolute atomic E-state index is 14.7. The lowest BCUT2D eigenvalue weighted by molar-refractivity contribution is -0.146. The van der Waals surface area contributed by atoms with Gasteiger partial charge in [-0.25, -0.2) is 4.72 Å². The average molecular weight is 650 g/mol. The fourth-order valence-corrected chi connectivity index (χ4v) is 8.63. The molecule has 0 spiro atoms. The predicted molar refractivity (Wildman–Crippen MR) is 175 cm³/mol. The zero-order valence-electron chi connectivity index (χ0n) is 26.8. The first-order valence-corrected chi connectivity index (χ1v) is 17.7. The van der Waals surface area contributed by atoms with E-state index in [2.05, 4.69) is 21.4 Å². The molecule has 0 bridgehead atoms. The Labute approximate surface area is 270 Å². The number of carbonyl (C=O) groups excluding carboxylic acids is 2. The summed E-state index contributed by atoms with van der Waals surface area (Å²) in [6, 6.07) is 11.5. The highest BCUT2D eigenvalue weighted by Crippen LogP contribution is 2.66. The number of aromatic nitrogens is 1. The zero-order chi connectivity index (χ0) is 32.4. The Kier molecular flexibility index (Phi) is 7.90. The van der Waals surface area contributed by atoms with Gasteiger partial charge in [0, 0.05) is 61.7 Å². The van der Waals surface area contributed by atoms with Gasteiger partial charge in [-0.2, -0.15) is 12.7 Å². The Morgan fingerprint density at radius 3 is 2.63 bits per heavy atom. The predicted octanol–water partition coefficient (Wildman–Crippen LogP) is 3.57. The lowest BCUT2D eigenvalue weighted by Gasteiger charge is -2.37. The molecule has 2 aliphatic heterocycles. The molecule has 46 heavy (non-hydrogen) atoms. The van der Waals surface area contributed by atoms with E-state index < -0.39 is 21.5 Å². The summed E-state index contributed by atoms with van der Waals surface area (Å²) < 4.78 is 41.9. The largest absolute Gasteiger partial charge is 0.497 e. The van der Waals surface area contributed by atoms with Crippen LogP contribution in [0, 0.1) is 5.41 Å². The van der Waals surface area contributed by atoms with Crippen molar-refractivity contribution < 1.29 is 27.5 Å². The third-order valence-corrected chi connectivity index (χ3v) is 12.1. The number of rotatable bonds is 7. The van der Waals surface area contributed by atoms with E-state index in [4.69, 9.17) is 15.2 Å². The molecule has 2 aliphatic carbocycles. The lowest BCUT2D eigenvalue weighted by Crippen LogP contribution is -2.54. The third-order valence-electron chi connectivity index (χ3n) is 10.7. The van der Waals surface area contributed by atoms with Crippen molar-refractivity contribution in [1.29, 1.82) is 0 Å². The number of hydrogen-bond donors (Lipinski definition) is 2. The van der Waals surface area contributed by atoms with Crippen molar-refractivity contribution in [3.8, 4) is 17.0 Å². The van der Waals surface area contributed by atoms with Gasteiger partial charge in [-0.05, 0) is 66.6 Å². The van der Waals surface area contributed by atoms with Gasteiger partial charge in [0.05, 0.1) is 37.5 Å². The SMILES string of the molecule is COc1ccc2c(c1)C1CC1(C(=O)N1CCOC[C@H]1CN)Cn1c-2c(C2CCCCC2)c2ccc(C(=O)NS(=O)(=O)N(C)C)cc21. The molecular weight excluding hydrogens is 606 g/mol. The van der Waals surface area contributed by atoms with E-state index in [-0.39, 0.29) is 23.4 Å². The molecule has 4 aliphatic rings. The lowest BCUT2D eigenvalue weighted by atomic mass is 9.81. The molecule has 11 nitrogen and oxygen atoms in total. The van der Waals surface area contributed by atoms with Crippen molar-refractivity contribution in [2.24, 2.45) is 11.1 Å². The van der Waals surface area contributed by atoms with Gasteiger partial charge in [-0.3, -0.25) is 9.59 Å². The van der Waals surface area contributed by atoms with Gasteiger partial charge < -0.3 is 24.7 Å². The van der Waals surface area contributed by atoms with E-state index in [1.54, 1.807) is 19.2 Å². The summed E-state index contributed by atoms with van der Waals surface area (Å²) in [4.78, 5) is 29.9. The van der Waals surface area contributed by atoms with Gasteiger partial charge in [0.2, 0.25) is 5.91 Å².